The van der Waals surface area contributed by atoms with Gasteiger partial charge in [0.25, 0.3) is 0 Å². The summed E-state index contributed by atoms with van der Waals surface area (Å²) in [4.78, 5) is 18.6. The van der Waals surface area contributed by atoms with Crippen LogP contribution in [0.1, 0.15) is 22.9 Å². The fourth-order valence-electron chi connectivity index (χ4n) is 2.15. The minimum absolute atomic E-state index is 0.00250. The van der Waals surface area contributed by atoms with Crippen molar-refractivity contribution < 1.29 is 4.79 Å². The normalized spacial score (nSPS) is 12.4. The number of thiazole rings is 1. The average Bonchev–Trinajstić information content (AvgIpc) is 2.92. The summed E-state index contributed by atoms with van der Waals surface area (Å²) in [6, 6.07) is 7.70. The van der Waals surface area contributed by atoms with Crippen molar-refractivity contribution in [1.82, 2.24) is 15.2 Å². The van der Waals surface area contributed by atoms with Gasteiger partial charge in [-0.25, -0.2) is 4.98 Å². The lowest BCUT2D eigenvalue weighted by Crippen LogP contribution is -2.37. The molecule has 1 aromatic carbocycles. The van der Waals surface area contributed by atoms with Crippen molar-refractivity contribution in [2.45, 2.75) is 19.5 Å². The number of hydrogen-bond acceptors (Lipinski definition) is 4. The van der Waals surface area contributed by atoms with Crippen molar-refractivity contribution in [3.63, 3.8) is 0 Å². The molecule has 1 N–H and O–H groups in total. The molecule has 1 unspecified atom stereocenters. The number of carbonyl (C=O) groups is 1. The molecule has 0 bridgehead atoms. The van der Waals surface area contributed by atoms with Crippen LogP contribution in [0.15, 0.2) is 35.2 Å². The first-order valence-electron chi connectivity index (χ1n) is 6.46. The van der Waals surface area contributed by atoms with Gasteiger partial charge < -0.3 is 5.32 Å². The van der Waals surface area contributed by atoms with Crippen LogP contribution in [0.3, 0.4) is 0 Å². The molecule has 2 aromatic rings. The van der Waals surface area contributed by atoms with Crippen LogP contribution >= 0.6 is 11.3 Å². The van der Waals surface area contributed by atoms with Crippen molar-refractivity contribution in [3.05, 3.63) is 52.0 Å². The summed E-state index contributed by atoms with van der Waals surface area (Å²) in [6.45, 7) is 2.50. The predicted octanol–water partition coefficient (Wildman–Crippen LogP) is 2.37. The molecule has 0 fully saturated rings. The van der Waals surface area contributed by atoms with Gasteiger partial charge in [0.05, 0.1) is 17.7 Å². The smallest absolute Gasteiger partial charge is 0.242 e. The molecule has 0 saturated carbocycles. The molecule has 5 heteroatoms. The maximum absolute atomic E-state index is 12.5. The minimum atomic E-state index is -0.283. The highest BCUT2D eigenvalue weighted by Crippen LogP contribution is 2.22. The van der Waals surface area contributed by atoms with E-state index in [4.69, 9.17) is 0 Å². The fraction of sp³-hybridized carbons (Fsp3) is 0.333. The summed E-state index contributed by atoms with van der Waals surface area (Å²) >= 11 is 1.53. The van der Waals surface area contributed by atoms with Gasteiger partial charge in [-0.05, 0) is 32.1 Å². The number of rotatable bonds is 5. The quantitative estimate of drug-likeness (QED) is 0.919. The van der Waals surface area contributed by atoms with Crippen LogP contribution in [0.5, 0.6) is 0 Å². The third kappa shape index (κ3) is 3.43. The number of likely N-dealkylation sites (N-methyl/N-ethyl adjacent to an activating group) is 1. The standard InChI is InChI=1S/C15H19N3OS/c1-11-6-4-5-7-13(11)14(18(2)3)15(19)16-8-12-9-20-10-17-12/h4-7,9-10,14H,8H2,1-3H3,(H,16,19). The Morgan fingerprint density at radius 1 is 1.40 bits per heavy atom. The molecule has 0 aliphatic carbocycles. The second-order valence-electron chi connectivity index (χ2n) is 4.92. The van der Waals surface area contributed by atoms with Crippen molar-refractivity contribution >= 4 is 17.2 Å². The zero-order chi connectivity index (χ0) is 14.5. The van der Waals surface area contributed by atoms with Gasteiger partial charge in [0.15, 0.2) is 0 Å². The van der Waals surface area contributed by atoms with Gasteiger partial charge in [-0.3, -0.25) is 9.69 Å². The zero-order valence-electron chi connectivity index (χ0n) is 12.0. The summed E-state index contributed by atoms with van der Waals surface area (Å²) in [5, 5.41) is 4.90. The lowest BCUT2D eigenvalue weighted by Gasteiger charge is -2.25. The fourth-order valence-corrected chi connectivity index (χ4v) is 2.71. The highest BCUT2D eigenvalue weighted by atomic mass is 32.1. The van der Waals surface area contributed by atoms with Gasteiger partial charge in [-0.2, -0.15) is 0 Å². The molecule has 0 radical (unpaired) electrons. The number of benzene rings is 1. The van der Waals surface area contributed by atoms with E-state index in [1.54, 1.807) is 5.51 Å². The number of aromatic nitrogens is 1. The molecule has 0 spiro atoms. The molecule has 1 heterocycles. The first kappa shape index (κ1) is 14.7. The lowest BCUT2D eigenvalue weighted by molar-refractivity contribution is -0.126. The van der Waals surface area contributed by atoms with Gasteiger partial charge in [0, 0.05) is 5.38 Å². The highest BCUT2D eigenvalue weighted by Gasteiger charge is 2.23. The van der Waals surface area contributed by atoms with Crippen LogP contribution < -0.4 is 5.32 Å². The molecule has 1 atom stereocenters. The Bertz CT molecular complexity index is 566. The molecule has 2 rings (SSSR count). The van der Waals surface area contributed by atoms with Crippen molar-refractivity contribution in [2.75, 3.05) is 14.1 Å². The average molecular weight is 289 g/mol. The molecule has 1 amide bonds. The van der Waals surface area contributed by atoms with E-state index in [1.165, 1.54) is 11.3 Å². The Labute approximate surface area is 123 Å². The first-order chi connectivity index (χ1) is 9.59. The third-order valence-electron chi connectivity index (χ3n) is 3.17. The van der Waals surface area contributed by atoms with Gasteiger partial charge in [0.1, 0.15) is 6.04 Å². The molecule has 0 aliphatic heterocycles. The predicted molar refractivity (Wildman–Crippen MR) is 81.6 cm³/mol. The summed E-state index contributed by atoms with van der Waals surface area (Å²) in [5.41, 5.74) is 4.82. The Kier molecular flexibility index (Phi) is 4.87. The number of aryl methyl sites for hydroxylation is 1. The number of carbonyl (C=O) groups excluding carboxylic acids is 1. The van der Waals surface area contributed by atoms with Crippen molar-refractivity contribution in [2.24, 2.45) is 0 Å². The number of nitrogens with one attached hydrogen (secondary N) is 1. The van der Waals surface area contributed by atoms with Crippen molar-refractivity contribution in [1.29, 1.82) is 0 Å². The summed E-state index contributed by atoms with van der Waals surface area (Å²) in [6.07, 6.45) is 0. The van der Waals surface area contributed by atoms with Gasteiger partial charge in [-0.15, -0.1) is 11.3 Å². The van der Waals surface area contributed by atoms with E-state index in [-0.39, 0.29) is 11.9 Å². The highest BCUT2D eigenvalue weighted by molar-refractivity contribution is 7.07. The van der Waals surface area contributed by atoms with E-state index in [1.807, 2.05) is 55.6 Å². The first-order valence-corrected chi connectivity index (χ1v) is 7.40. The molecule has 106 valence electrons. The van der Waals surface area contributed by atoms with Gasteiger partial charge >= 0.3 is 0 Å². The second-order valence-corrected chi connectivity index (χ2v) is 5.64. The third-order valence-corrected chi connectivity index (χ3v) is 3.81. The topological polar surface area (TPSA) is 45.2 Å². The van der Waals surface area contributed by atoms with Crippen LogP contribution in [0.2, 0.25) is 0 Å². The minimum Gasteiger partial charge on any atom is -0.349 e. The van der Waals surface area contributed by atoms with Crippen molar-refractivity contribution in [3.8, 4) is 0 Å². The van der Waals surface area contributed by atoms with E-state index in [0.717, 1.165) is 16.8 Å². The Morgan fingerprint density at radius 3 is 2.75 bits per heavy atom. The van der Waals surface area contributed by atoms with Gasteiger partial charge in [-0.1, -0.05) is 24.3 Å². The number of amides is 1. The van der Waals surface area contributed by atoms with E-state index in [2.05, 4.69) is 10.3 Å². The van der Waals surface area contributed by atoms with E-state index < -0.39 is 0 Å². The van der Waals surface area contributed by atoms with Crippen LogP contribution in [-0.4, -0.2) is 29.9 Å². The monoisotopic (exact) mass is 289 g/mol. The van der Waals surface area contributed by atoms with Gasteiger partial charge in [0.2, 0.25) is 5.91 Å². The number of hydrogen-bond donors (Lipinski definition) is 1. The molecule has 20 heavy (non-hydrogen) atoms. The van der Waals surface area contributed by atoms with Crippen LogP contribution in [0.4, 0.5) is 0 Å². The summed E-state index contributed by atoms with van der Waals surface area (Å²) in [7, 11) is 3.83. The van der Waals surface area contributed by atoms with Crippen LogP contribution in [0.25, 0.3) is 0 Å². The SMILES string of the molecule is Cc1ccccc1C(C(=O)NCc1cscn1)N(C)C. The summed E-state index contributed by atoms with van der Waals surface area (Å²) < 4.78 is 0. The van der Waals surface area contributed by atoms with E-state index in [9.17, 15) is 4.79 Å². The molecule has 0 saturated heterocycles. The Morgan fingerprint density at radius 2 is 2.15 bits per heavy atom. The second kappa shape index (κ2) is 6.63. The maximum atomic E-state index is 12.5. The Hall–Kier alpha value is -1.72. The lowest BCUT2D eigenvalue weighted by atomic mass is 10.00. The van der Waals surface area contributed by atoms with E-state index in [0.29, 0.717) is 6.54 Å². The maximum Gasteiger partial charge on any atom is 0.242 e. The molecule has 0 aliphatic rings. The number of nitrogens with zero attached hydrogens (tertiary/aromatic N) is 2. The largest absolute Gasteiger partial charge is 0.349 e. The van der Waals surface area contributed by atoms with Crippen LogP contribution in [0, 0.1) is 6.92 Å². The zero-order valence-corrected chi connectivity index (χ0v) is 12.8. The van der Waals surface area contributed by atoms with E-state index >= 15 is 0 Å². The molecular weight excluding hydrogens is 270 g/mol. The molecular formula is C15H19N3OS. The summed E-state index contributed by atoms with van der Waals surface area (Å²) in [5.74, 6) is -0.00250. The van der Waals surface area contributed by atoms with Crippen LogP contribution in [-0.2, 0) is 11.3 Å². The molecule has 1 aromatic heterocycles. The Balaban J connectivity index is 2.12. The molecule has 4 nitrogen and oxygen atoms in total.